The number of carbonyl (C=O) groups excluding carboxylic acids is 1. The maximum atomic E-state index is 11.5. The summed E-state index contributed by atoms with van der Waals surface area (Å²) in [5.41, 5.74) is 0.268. The van der Waals surface area contributed by atoms with Crippen LogP contribution in [0.4, 0.5) is 5.82 Å². The molecule has 0 bridgehead atoms. The number of anilines is 1. The zero-order chi connectivity index (χ0) is 13.1. The summed E-state index contributed by atoms with van der Waals surface area (Å²) in [6.07, 6.45) is 5.54. The first kappa shape index (κ1) is 12.8. The Balaban J connectivity index is 2.21. The third-order valence-electron chi connectivity index (χ3n) is 2.86. The van der Waals surface area contributed by atoms with Crippen LogP contribution in [-0.4, -0.2) is 35.6 Å². The van der Waals surface area contributed by atoms with E-state index in [0.29, 0.717) is 12.0 Å². The largest absolute Gasteiger partial charge is 0.464 e. The van der Waals surface area contributed by atoms with Crippen LogP contribution >= 0.6 is 0 Å². The molecule has 0 unspecified atom stereocenters. The first-order valence-corrected chi connectivity index (χ1v) is 6.28. The van der Waals surface area contributed by atoms with Crippen molar-refractivity contribution in [3.8, 4) is 0 Å². The molecule has 0 aliphatic heterocycles. The van der Waals surface area contributed by atoms with Crippen LogP contribution in [0.2, 0.25) is 0 Å². The maximum absolute atomic E-state index is 11.5. The van der Waals surface area contributed by atoms with Crippen molar-refractivity contribution < 1.29 is 9.53 Å². The van der Waals surface area contributed by atoms with E-state index in [1.165, 1.54) is 26.1 Å². The molecular weight excluding hydrogens is 230 g/mol. The summed E-state index contributed by atoms with van der Waals surface area (Å²) in [5, 5.41) is 0. The summed E-state index contributed by atoms with van der Waals surface area (Å²) in [5.74, 6) is 0.882. The van der Waals surface area contributed by atoms with Gasteiger partial charge in [0.15, 0.2) is 5.69 Å². The highest BCUT2D eigenvalue weighted by Gasteiger charge is 2.30. The van der Waals surface area contributed by atoms with Gasteiger partial charge in [-0.3, -0.25) is 4.98 Å². The summed E-state index contributed by atoms with van der Waals surface area (Å²) < 4.78 is 4.67. The Bertz CT molecular complexity index is 430. The molecule has 1 fully saturated rings. The highest BCUT2D eigenvalue weighted by atomic mass is 16.5. The fourth-order valence-electron chi connectivity index (χ4n) is 1.91. The van der Waals surface area contributed by atoms with E-state index in [4.69, 9.17) is 0 Å². The van der Waals surface area contributed by atoms with E-state index in [1.807, 2.05) is 0 Å². The second-order valence-electron chi connectivity index (χ2n) is 5.03. The van der Waals surface area contributed by atoms with Gasteiger partial charge in [-0.1, -0.05) is 13.8 Å². The van der Waals surface area contributed by atoms with Gasteiger partial charge in [0.1, 0.15) is 5.82 Å². The molecule has 5 nitrogen and oxygen atoms in total. The Morgan fingerprint density at radius 2 is 2.22 bits per heavy atom. The van der Waals surface area contributed by atoms with E-state index < -0.39 is 5.97 Å². The smallest absolute Gasteiger partial charge is 0.358 e. The van der Waals surface area contributed by atoms with Crippen LogP contribution in [0.25, 0.3) is 0 Å². The third kappa shape index (κ3) is 2.97. The highest BCUT2D eigenvalue weighted by molar-refractivity contribution is 5.87. The van der Waals surface area contributed by atoms with Crippen LogP contribution in [0.15, 0.2) is 12.4 Å². The van der Waals surface area contributed by atoms with Crippen LogP contribution in [0.5, 0.6) is 0 Å². The second-order valence-corrected chi connectivity index (χ2v) is 5.03. The lowest BCUT2D eigenvalue weighted by Crippen LogP contribution is -2.31. The Morgan fingerprint density at radius 3 is 2.78 bits per heavy atom. The predicted molar refractivity (Wildman–Crippen MR) is 68.6 cm³/mol. The first-order chi connectivity index (χ1) is 8.61. The van der Waals surface area contributed by atoms with Crippen molar-refractivity contribution in [2.24, 2.45) is 5.92 Å². The zero-order valence-corrected chi connectivity index (χ0v) is 11.1. The first-order valence-electron chi connectivity index (χ1n) is 6.28. The van der Waals surface area contributed by atoms with Crippen molar-refractivity contribution in [1.82, 2.24) is 9.97 Å². The van der Waals surface area contributed by atoms with Crippen molar-refractivity contribution in [3.63, 3.8) is 0 Å². The summed E-state index contributed by atoms with van der Waals surface area (Å²) in [6.45, 7) is 5.28. The number of ether oxygens (including phenoxy) is 1. The van der Waals surface area contributed by atoms with E-state index >= 15 is 0 Å². The molecule has 0 aromatic carbocycles. The molecule has 1 aromatic rings. The average molecular weight is 249 g/mol. The molecule has 0 atom stereocenters. The maximum Gasteiger partial charge on any atom is 0.358 e. The minimum atomic E-state index is -0.440. The van der Waals surface area contributed by atoms with E-state index in [2.05, 4.69) is 33.5 Å². The number of carbonyl (C=O) groups is 1. The molecular formula is C13H19N3O2. The van der Waals surface area contributed by atoms with Gasteiger partial charge in [-0.25, -0.2) is 9.78 Å². The zero-order valence-electron chi connectivity index (χ0n) is 11.1. The summed E-state index contributed by atoms with van der Waals surface area (Å²) in [7, 11) is 1.35. The molecule has 0 N–H and O–H groups in total. The van der Waals surface area contributed by atoms with Crippen LogP contribution in [-0.2, 0) is 4.74 Å². The lowest BCUT2D eigenvalue weighted by molar-refractivity contribution is 0.0593. The number of esters is 1. The lowest BCUT2D eigenvalue weighted by atomic mass is 10.2. The van der Waals surface area contributed by atoms with E-state index in [-0.39, 0.29) is 5.69 Å². The summed E-state index contributed by atoms with van der Waals surface area (Å²) in [4.78, 5) is 22.1. The van der Waals surface area contributed by atoms with Crippen molar-refractivity contribution in [1.29, 1.82) is 0 Å². The molecule has 2 rings (SSSR count). The Morgan fingerprint density at radius 1 is 1.50 bits per heavy atom. The van der Waals surface area contributed by atoms with Gasteiger partial charge in [0.05, 0.1) is 19.5 Å². The molecule has 0 saturated heterocycles. The standard InChI is InChI=1S/C13H19N3O2/c1-9(2)8-16(10-4-5-10)12-7-14-6-11(15-12)13(17)18-3/h6-7,9-10H,4-5,8H2,1-3H3. The van der Waals surface area contributed by atoms with E-state index in [1.54, 1.807) is 6.20 Å². The number of hydrogen-bond acceptors (Lipinski definition) is 5. The molecule has 0 spiro atoms. The Hall–Kier alpha value is -1.65. The molecule has 0 amide bonds. The third-order valence-corrected chi connectivity index (χ3v) is 2.86. The van der Waals surface area contributed by atoms with Gasteiger partial charge in [0.2, 0.25) is 0 Å². The number of nitrogens with zero attached hydrogens (tertiary/aromatic N) is 3. The Labute approximate surface area is 107 Å². The van der Waals surface area contributed by atoms with Gasteiger partial charge in [0, 0.05) is 12.6 Å². The van der Waals surface area contributed by atoms with Crippen LogP contribution in [0.3, 0.4) is 0 Å². The lowest BCUT2D eigenvalue weighted by Gasteiger charge is -2.25. The number of rotatable bonds is 5. The number of aromatic nitrogens is 2. The van der Waals surface area contributed by atoms with Crippen LogP contribution < -0.4 is 4.90 Å². The second kappa shape index (κ2) is 5.33. The molecule has 1 saturated carbocycles. The Kier molecular flexibility index (Phi) is 3.79. The average Bonchev–Trinajstić information content (AvgIpc) is 3.19. The molecule has 0 radical (unpaired) electrons. The van der Waals surface area contributed by atoms with Gasteiger partial charge in [0.25, 0.3) is 0 Å². The summed E-state index contributed by atoms with van der Waals surface area (Å²) in [6, 6.07) is 0.551. The number of methoxy groups -OCH3 is 1. The van der Waals surface area contributed by atoms with Crippen molar-refractivity contribution in [2.75, 3.05) is 18.6 Å². The van der Waals surface area contributed by atoms with Gasteiger partial charge in [-0.15, -0.1) is 0 Å². The quantitative estimate of drug-likeness (QED) is 0.746. The van der Waals surface area contributed by atoms with Crippen molar-refractivity contribution >= 4 is 11.8 Å². The van der Waals surface area contributed by atoms with Gasteiger partial charge >= 0.3 is 5.97 Å². The molecule has 18 heavy (non-hydrogen) atoms. The van der Waals surface area contributed by atoms with Crippen molar-refractivity contribution in [2.45, 2.75) is 32.7 Å². The normalized spacial score (nSPS) is 14.7. The van der Waals surface area contributed by atoms with E-state index in [9.17, 15) is 4.79 Å². The monoisotopic (exact) mass is 249 g/mol. The van der Waals surface area contributed by atoms with Gasteiger partial charge in [-0.05, 0) is 18.8 Å². The molecule has 5 heteroatoms. The molecule has 1 aliphatic rings. The SMILES string of the molecule is COC(=O)c1cncc(N(CC(C)C)C2CC2)n1. The highest BCUT2D eigenvalue weighted by Crippen LogP contribution is 2.31. The topological polar surface area (TPSA) is 55.3 Å². The summed E-state index contributed by atoms with van der Waals surface area (Å²) >= 11 is 0. The minimum Gasteiger partial charge on any atom is -0.464 e. The minimum absolute atomic E-state index is 0.268. The number of hydrogen-bond donors (Lipinski definition) is 0. The fraction of sp³-hybridized carbons (Fsp3) is 0.615. The molecule has 1 aliphatic carbocycles. The molecule has 1 heterocycles. The molecule has 1 aromatic heterocycles. The molecule has 98 valence electrons. The van der Waals surface area contributed by atoms with Gasteiger partial charge < -0.3 is 9.64 Å². The van der Waals surface area contributed by atoms with Crippen LogP contribution in [0.1, 0.15) is 37.2 Å². The van der Waals surface area contributed by atoms with Crippen LogP contribution in [0, 0.1) is 5.92 Å². The van der Waals surface area contributed by atoms with Gasteiger partial charge in [-0.2, -0.15) is 0 Å². The van der Waals surface area contributed by atoms with Crippen molar-refractivity contribution in [3.05, 3.63) is 18.1 Å². The fourth-order valence-corrected chi connectivity index (χ4v) is 1.91. The van der Waals surface area contributed by atoms with E-state index in [0.717, 1.165) is 12.4 Å². The predicted octanol–water partition coefficient (Wildman–Crippen LogP) is 1.89.